The highest BCUT2D eigenvalue weighted by molar-refractivity contribution is 5.70. The molecule has 1 saturated carbocycles. The molecule has 0 saturated heterocycles. The zero-order chi connectivity index (χ0) is 14.5. The van der Waals surface area contributed by atoms with Crippen LogP contribution < -0.4 is 5.32 Å². The molecule has 1 aliphatic carbocycles. The lowest BCUT2D eigenvalue weighted by Crippen LogP contribution is -2.25. The SMILES string of the molecule is N#Cc1cc(F)cc(NC[C@H]2CC[C@H](C(=O)O)CC2)c1. The smallest absolute Gasteiger partial charge is 0.306 e. The third-order valence-electron chi connectivity index (χ3n) is 3.82. The second-order valence-corrected chi connectivity index (χ2v) is 5.28. The zero-order valence-corrected chi connectivity index (χ0v) is 11.1. The van der Waals surface area contributed by atoms with Crippen LogP contribution in [0.1, 0.15) is 31.2 Å². The largest absolute Gasteiger partial charge is 0.481 e. The molecule has 1 aliphatic rings. The first kappa shape index (κ1) is 14.3. The Kier molecular flexibility index (Phi) is 4.57. The highest BCUT2D eigenvalue weighted by Gasteiger charge is 2.25. The zero-order valence-electron chi connectivity index (χ0n) is 11.1. The Balaban J connectivity index is 1.86. The van der Waals surface area contributed by atoms with Crippen LogP contribution in [0.25, 0.3) is 0 Å². The van der Waals surface area contributed by atoms with Crippen LogP contribution in [0.5, 0.6) is 0 Å². The molecule has 0 aliphatic heterocycles. The number of halogens is 1. The van der Waals surface area contributed by atoms with E-state index in [-0.39, 0.29) is 5.92 Å². The molecule has 0 aromatic heterocycles. The maximum Gasteiger partial charge on any atom is 0.306 e. The number of benzene rings is 1. The number of aliphatic carboxylic acids is 1. The van der Waals surface area contributed by atoms with Gasteiger partial charge >= 0.3 is 5.97 Å². The molecule has 0 radical (unpaired) electrons. The lowest BCUT2D eigenvalue weighted by Gasteiger charge is -2.26. The minimum atomic E-state index is -0.708. The van der Waals surface area contributed by atoms with E-state index in [1.54, 1.807) is 6.07 Å². The highest BCUT2D eigenvalue weighted by atomic mass is 19.1. The Bertz CT molecular complexity index is 531. The molecule has 1 aromatic carbocycles. The van der Waals surface area contributed by atoms with Crippen LogP contribution in [-0.2, 0) is 4.79 Å². The molecule has 0 bridgehead atoms. The Hall–Kier alpha value is -2.09. The van der Waals surface area contributed by atoms with Crippen LogP contribution in [0.15, 0.2) is 18.2 Å². The van der Waals surface area contributed by atoms with Gasteiger partial charge in [0.1, 0.15) is 5.82 Å². The molecule has 5 heteroatoms. The summed E-state index contributed by atoms with van der Waals surface area (Å²) in [4.78, 5) is 10.9. The molecule has 0 unspecified atom stereocenters. The topological polar surface area (TPSA) is 73.1 Å². The number of anilines is 1. The van der Waals surface area contributed by atoms with Crippen LogP contribution in [-0.4, -0.2) is 17.6 Å². The monoisotopic (exact) mass is 276 g/mol. The van der Waals surface area contributed by atoms with Crippen molar-refractivity contribution < 1.29 is 14.3 Å². The average Bonchev–Trinajstić information content (AvgIpc) is 2.45. The average molecular weight is 276 g/mol. The summed E-state index contributed by atoms with van der Waals surface area (Å²) >= 11 is 0. The number of carbonyl (C=O) groups is 1. The number of nitriles is 1. The molecule has 0 amide bonds. The quantitative estimate of drug-likeness (QED) is 0.886. The summed E-state index contributed by atoms with van der Waals surface area (Å²) in [6.07, 6.45) is 3.14. The van der Waals surface area contributed by atoms with Crippen LogP contribution in [0, 0.1) is 29.0 Å². The number of carboxylic acids is 1. The molecule has 1 aromatic rings. The fourth-order valence-electron chi connectivity index (χ4n) is 2.63. The van der Waals surface area contributed by atoms with Crippen molar-refractivity contribution >= 4 is 11.7 Å². The predicted octanol–water partition coefficient (Wildman–Crippen LogP) is 3.00. The number of carboxylic acid groups (broad SMARTS) is 1. The van der Waals surface area contributed by atoms with E-state index in [4.69, 9.17) is 10.4 Å². The Morgan fingerprint density at radius 1 is 1.35 bits per heavy atom. The van der Waals surface area contributed by atoms with Gasteiger partial charge in [-0.2, -0.15) is 5.26 Å². The fraction of sp³-hybridized carbons (Fsp3) is 0.467. The molecule has 0 atom stereocenters. The minimum Gasteiger partial charge on any atom is -0.481 e. The molecule has 0 spiro atoms. The minimum absolute atomic E-state index is 0.217. The second-order valence-electron chi connectivity index (χ2n) is 5.28. The Morgan fingerprint density at radius 3 is 2.65 bits per heavy atom. The molecule has 106 valence electrons. The number of hydrogen-bond acceptors (Lipinski definition) is 3. The van der Waals surface area contributed by atoms with Gasteiger partial charge in [-0.05, 0) is 49.8 Å². The fourth-order valence-corrected chi connectivity index (χ4v) is 2.63. The van der Waals surface area contributed by atoms with Crippen molar-refractivity contribution in [3.05, 3.63) is 29.6 Å². The van der Waals surface area contributed by atoms with Crippen molar-refractivity contribution in [3.63, 3.8) is 0 Å². The van der Waals surface area contributed by atoms with Crippen molar-refractivity contribution in [1.29, 1.82) is 5.26 Å². The van der Waals surface area contributed by atoms with Crippen molar-refractivity contribution in [3.8, 4) is 6.07 Å². The van der Waals surface area contributed by atoms with E-state index in [2.05, 4.69) is 5.32 Å². The maximum absolute atomic E-state index is 13.3. The molecule has 2 rings (SSSR count). The van der Waals surface area contributed by atoms with Gasteiger partial charge in [0, 0.05) is 12.2 Å². The molecule has 20 heavy (non-hydrogen) atoms. The summed E-state index contributed by atoms with van der Waals surface area (Å²) in [5.74, 6) is -0.952. The van der Waals surface area contributed by atoms with Crippen molar-refractivity contribution in [2.75, 3.05) is 11.9 Å². The van der Waals surface area contributed by atoms with Gasteiger partial charge in [0.15, 0.2) is 0 Å². The predicted molar refractivity (Wildman–Crippen MR) is 72.7 cm³/mol. The summed E-state index contributed by atoms with van der Waals surface area (Å²) in [6, 6.07) is 6.10. The summed E-state index contributed by atoms with van der Waals surface area (Å²) in [5.41, 5.74) is 0.893. The van der Waals surface area contributed by atoms with Gasteiger partial charge in [-0.1, -0.05) is 0 Å². The summed E-state index contributed by atoms with van der Waals surface area (Å²) in [6.45, 7) is 0.681. The number of rotatable bonds is 4. The Labute approximate surface area is 117 Å². The van der Waals surface area contributed by atoms with Gasteiger partial charge in [-0.15, -0.1) is 0 Å². The third-order valence-corrected chi connectivity index (χ3v) is 3.82. The first-order valence-corrected chi connectivity index (χ1v) is 6.76. The normalized spacial score (nSPS) is 22.0. The standard InChI is InChI=1S/C15H17FN2O2/c16-13-5-11(8-17)6-14(7-13)18-9-10-1-3-12(4-2-10)15(19)20/h5-7,10,12,18H,1-4,9H2,(H,19,20)/t10-,12-. The van der Waals surface area contributed by atoms with E-state index in [0.29, 0.717) is 36.6 Å². The number of nitrogens with zero attached hydrogens (tertiary/aromatic N) is 1. The number of hydrogen-bond donors (Lipinski definition) is 2. The van der Waals surface area contributed by atoms with Gasteiger partial charge in [0.25, 0.3) is 0 Å². The van der Waals surface area contributed by atoms with Crippen LogP contribution in [0.3, 0.4) is 0 Å². The van der Waals surface area contributed by atoms with Crippen LogP contribution >= 0.6 is 0 Å². The van der Waals surface area contributed by atoms with E-state index in [9.17, 15) is 9.18 Å². The van der Waals surface area contributed by atoms with E-state index >= 15 is 0 Å². The lowest BCUT2D eigenvalue weighted by atomic mass is 9.82. The first-order valence-electron chi connectivity index (χ1n) is 6.76. The second kappa shape index (κ2) is 6.38. The van der Waals surface area contributed by atoms with Gasteiger partial charge in [0.2, 0.25) is 0 Å². The lowest BCUT2D eigenvalue weighted by molar-refractivity contribution is -0.143. The van der Waals surface area contributed by atoms with Gasteiger partial charge < -0.3 is 10.4 Å². The Morgan fingerprint density at radius 2 is 2.05 bits per heavy atom. The van der Waals surface area contributed by atoms with Crippen molar-refractivity contribution in [2.24, 2.45) is 11.8 Å². The van der Waals surface area contributed by atoms with E-state index in [1.807, 2.05) is 6.07 Å². The molecule has 4 nitrogen and oxygen atoms in total. The van der Waals surface area contributed by atoms with Gasteiger partial charge in [-0.25, -0.2) is 4.39 Å². The van der Waals surface area contributed by atoms with Crippen LogP contribution in [0.2, 0.25) is 0 Å². The van der Waals surface area contributed by atoms with Crippen LogP contribution in [0.4, 0.5) is 10.1 Å². The summed E-state index contributed by atoms with van der Waals surface area (Å²) in [7, 11) is 0. The molecule has 1 fully saturated rings. The molecule has 2 N–H and O–H groups in total. The van der Waals surface area contributed by atoms with E-state index < -0.39 is 11.8 Å². The molecule has 0 heterocycles. The molecular formula is C15H17FN2O2. The van der Waals surface area contributed by atoms with Crippen molar-refractivity contribution in [1.82, 2.24) is 0 Å². The maximum atomic E-state index is 13.3. The van der Waals surface area contributed by atoms with Crippen molar-refractivity contribution in [2.45, 2.75) is 25.7 Å². The summed E-state index contributed by atoms with van der Waals surface area (Å²) < 4.78 is 13.3. The highest BCUT2D eigenvalue weighted by Crippen LogP contribution is 2.29. The third kappa shape index (κ3) is 3.70. The molecular weight excluding hydrogens is 259 g/mol. The van der Waals surface area contributed by atoms with Gasteiger partial charge in [0.05, 0.1) is 17.6 Å². The summed E-state index contributed by atoms with van der Waals surface area (Å²) in [5, 5.41) is 20.9. The first-order chi connectivity index (χ1) is 9.58. The number of nitrogens with one attached hydrogen (secondary N) is 1. The van der Waals surface area contributed by atoms with E-state index in [1.165, 1.54) is 12.1 Å². The van der Waals surface area contributed by atoms with Gasteiger partial charge in [-0.3, -0.25) is 4.79 Å². The van der Waals surface area contributed by atoms with E-state index in [0.717, 1.165) is 12.8 Å².